The largest absolute Gasteiger partial charge is 0.0991 e. The predicted molar refractivity (Wildman–Crippen MR) is 83.0 cm³/mol. The maximum atomic E-state index is 3.77. The quantitative estimate of drug-likeness (QED) is 0.448. The molecule has 1 aromatic rings. The van der Waals surface area contributed by atoms with Crippen LogP contribution in [0.2, 0.25) is 0 Å². The number of hydrogen-bond donors (Lipinski definition) is 0. The summed E-state index contributed by atoms with van der Waals surface area (Å²) >= 11 is 0. The van der Waals surface area contributed by atoms with Crippen molar-refractivity contribution in [2.75, 3.05) is 0 Å². The monoisotopic (exact) mass is 242 g/mol. The van der Waals surface area contributed by atoms with Gasteiger partial charge in [-0.15, -0.1) is 0 Å². The standard InChI is InChI=1S/C18H26/c1-6-8-9-11-17-12-16(5)18(13-15(17)4)14(3)10-7-2/h7,10,12-13H,2,6,8-9,11H2,1,3-5H3/b14-10-. The van der Waals surface area contributed by atoms with Crippen molar-refractivity contribution >= 4 is 5.57 Å². The summed E-state index contributed by atoms with van der Waals surface area (Å²) in [6.07, 6.45) is 9.08. The van der Waals surface area contributed by atoms with Crippen LogP contribution < -0.4 is 0 Å². The topological polar surface area (TPSA) is 0 Å². The molecule has 0 radical (unpaired) electrons. The van der Waals surface area contributed by atoms with E-state index >= 15 is 0 Å². The average molecular weight is 242 g/mol. The summed E-state index contributed by atoms with van der Waals surface area (Å²) in [5.74, 6) is 0. The van der Waals surface area contributed by atoms with E-state index in [0.29, 0.717) is 0 Å². The highest BCUT2D eigenvalue weighted by atomic mass is 14.1. The van der Waals surface area contributed by atoms with E-state index in [1.165, 1.54) is 53.5 Å². The number of benzene rings is 1. The fourth-order valence-electron chi connectivity index (χ4n) is 2.40. The van der Waals surface area contributed by atoms with Crippen molar-refractivity contribution in [2.24, 2.45) is 0 Å². The van der Waals surface area contributed by atoms with Gasteiger partial charge in [-0.2, -0.15) is 0 Å². The van der Waals surface area contributed by atoms with Crippen molar-refractivity contribution in [1.82, 2.24) is 0 Å². The maximum Gasteiger partial charge on any atom is -0.0195 e. The molecule has 0 heteroatoms. The smallest absolute Gasteiger partial charge is 0.0195 e. The summed E-state index contributed by atoms with van der Waals surface area (Å²) < 4.78 is 0. The van der Waals surface area contributed by atoms with E-state index in [1.807, 2.05) is 6.08 Å². The molecule has 0 aliphatic carbocycles. The first kappa shape index (κ1) is 14.8. The molecule has 0 heterocycles. The molecule has 0 saturated carbocycles. The molecule has 0 saturated heterocycles. The second kappa shape index (κ2) is 7.20. The predicted octanol–water partition coefficient (Wildman–Crippen LogP) is 5.63. The van der Waals surface area contributed by atoms with Crippen LogP contribution in [0.3, 0.4) is 0 Å². The third-order valence-electron chi connectivity index (χ3n) is 3.53. The highest BCUT2D eigenvalue weighted by molar-refractivity contribution is 5.68. The van der Waals surface area contributed by atoms with E-state index in [2.05, 4.69) is 52.5 Å². The molecule has 98 valence electrons. The lowest BCUT2D eigenvalue weighted by Crippen LogP contribution is -1.95. The first-order chi connectivity index (χ1) is 8.60. The van der Waals surface area contributed by atoms with Crippen LogP contribution in [-0.2, 0) is 6.42 Å². The Morgan fingerprint density at radius 2 is 1.89 bits per heavy atom. The number of hydrogen-bond acceptors (Lipinski definition) is 0. The van der Waals surface area contributed by atoms with Crippen molar-refractivity contribution < 1.29 is 0 Å². The van der Waals surface area contributed by atoms with Crippen LogP contribution in [0, 0.1) is 13.8 Å². The molecule has 0 spiro atoms. The molecule has 0 fully saturated rings. The summed E-state index contributed by atoms with van der Waals surface area (Å²) in [4.78, 5) is 0. The summed E-state index contributed by atoms with van der Waals surface area (Å²) in [6.45, 7) is 12.6. The molecule has 0 amide bonds. The summed E-state index contributed by atoms with van der Waals surface area (Å²) in [5, 5.41) is 0. The lowest BCUT2D eigenvalue weighted by atomic mass is 9.93. The van der Waals surface area contributed by atoms with Gasteiger partial charge in [0.25, 0.3) is 0 Å². The van der Waals surface area contributed by atoms with Crippen LogP contribution in [0.25, 0.3) is 5.57 Å². The lowest BCUT2D eigenvalue weighted by Gasteiger charge is -2.12. The van der Waals surface area contributed by atoms with Crippen molar-refractivity contribution in [1.29, 1.82) is 0 Å². The number of aryl methyl sites for hydroxylation is 3. The Kier molecular flexibility index (Phi) is 5.91. The van der Waals surface area contributed by atoms with Crippen molar-refractivity contribution in [3.8, 4) is 0 Å². The van der Waals surface area contributed by atoms with Gasteiger partial charge in [0.1, 0.15) is 0 Å². The first-order valence-electron chi connectivity index (χ1n) is 7.00. The molecule has 0 bridgehead atoms. The highest BCUT2D eigenvalue weighted by Gasteiger charge is 2.05. The molecular formula is C18H26. The van der Waals surface area contributed by atoms with Crippen LogP contribution >= 0.6 is 0 Å². The second-order valence-corrected chi connectivity index (χ2v) is 5.14. The molecule has 0 unspecified atom stereocenters. The van der Waals surface area contributed by atoms with Crippen LogP contribution in [0.1, 0.15) is 55.4 Å². The van der Waals surface area contributed by atoms with Crippen molar-refractivity contribution in [3.63, 3.8) is 0 Å². The number of allylic oxidation sites excluding steroid dienone is 3. The van der Waals surface area contributed by atoms with E-state index in [1.54, 1.807) is 0 Å². The zero-order valence-corrected chi connectivity index (χ0v) is 12.3. The number of unbranched alkanes of at least 4 members (excludes halogenated alkanes) is 2. The van der Waals surface area contributed by atoms with Gasteiger partial charge in [-0.05, 0) is 61.4 Å². The van der Waals surface area contributed by atoms with Crippen LogP contribution in [0.15, 0.2) is 30.9 Å². The Hall–Kier alpha value is -1.30. The van der Waals surface area contributed by atoms with E-state index < -0.39 is 0 Å². The zero-order chi connectivity index (χ0) is 13.5. The third kappa shape index (κ3) is 3.87. The minimum Gasteiger partial charge on any atom is -0.0991 e. The molecule has 0 aliphatic rings. The van der Waals surface area contributed by atoms with Gasteiger partial charge in [-0.25, -0.2) is 0 Å². The summed E-state index contributed by atoms with van der Waals surface area (Å²) in [5.41, 5.74) is 6.96. The van der Waals surface area contributed by atoms with Gasteiger partial charge in [-0.3, -0.25) is 0 Å². The fourth-order valence-corrected chi connectivity index (χ4v) is 2.40. The zero-order valence-electron chi connectivity index (χ0n) is 12.3. The summed E-state index contributed by atoms with van der Waals surface area (Å²) in [7, 11) is 0. The van der Waals surface area contributed by atoms with Gasteiger partial charge >= 0.3 is 0 Å². The Morgan fingerprint density at radius 3 is 2.50 bits per heavy atom. The normalized spacial score (nSPS) is 11.7. The summed E-state index contributed by atoms with van der Waals surface area (Å²) in [6, 6.07) is 4.69. The molecule has 0 aliphatic heterocycles. The van der Waals surface area contributed by atoms with Gasteiger partial charge in [0.05, 0.1) is 0 Å². The second-order valence-electron chi connectivity index (χ2n) is 5.14. The van der Waals surface area contributed by atoms with Crippen LogP contribution in [0.4, 0.5) is 0 Å². The van der Waals surface area contributed by atoms with Gasteiger partial charge in [0.2, 0.25) is 0 Å². The molecular weight excluding hydrogens is 216 g/mol. The average Bonchev–Trinajstić information content (AvgIpc) is 2.33. The van der Waals surface area contributed by atoms with Gasteiger partial charge < -0.3 is 0 Å². The van der Waals surface area contributed by atoms with E-state index in [9.17, 15) is 0 Å². The highest BCUT2D eigenvalue weighted by Crippen LogP contribution is 2.24. The first-order valence-corrected chi connectivity index (χ1v) is 7.00. The van der Waals surface area contributed by atoms with Gasteiger partial charge in [0.15, 0.2) is 0 Å². The molecule has 1 rings (SSSR count). The molecule has 0 nitrogen and oxygen atoms in total. The molecule has 0 N–H and O–H groups in total. The Bertz CT molecular complexity index is 436. The minimum absolute atomic E-state index is 1.21. The van der Waals surface area contributed by atoms with Crippen molar-refractivity contribution in [2.45, 2.75) is 53.4 Å². The third-order valence-corrected chi connectivity index (χ3v) is 3.53. The molecule has 1 aromatic carbocycles. The van der Waals surface area contributed by atoms with E-state index in [0.717, 1.165) is 0 Å². The Balaban J connectivity index is 2.97. The maximum absolute atomic E-state index is 3.77. The molecule has 0 aromatic heterocycles. The van der Waals surface area contributed by atoms with E-state index in [4.69, 9.17) is 0 Å². The van der Waals surface area contributed by atoms with Gasteiger partial charge in [-0.1, -0.05) is 50.6 Å². The minimum atomic E-state index is 1.21. The van der Waals surface area contributed by atoms with Crippen molar-refractivity contribution in [3.05, 3.63) is 53.1 Å². The van der Waals surface area contributed by atoms with E-state index in [-0.39, 0.29) is 0 Å². The van der Waals surface area contributed by atoms with Gasteiger partial charge in [0, 0.05) is 0 Å². The fraction of sp³-hybridized carbons (Fsp3) is 0.444. The lowest BCUT2D eigenvalue weighted by molar-refractivity contribution is 0.715. The molecule has 0 atom stereocenters. The van der Waals surface area contributed by atoms with Crippen LogP contribution in [0.5, 0.6) is 0 Å². The number of rotatable bonds is 6. The molecule has 18 heavy (non-hydrogen) atoms. The Labute approximate surface area is 112 Å². The SMILES string of the molecule is C=C/C=C(/C)c1cc(C)c(CCCCC)cc1C. The van der Waals surface area contributed by atoms with Crippen LogP contribution in [-0.4, -0.2) is 0 Å². The Morgan fingerprint density at radius 1 is 1.17 bits per heavy atom.